The number of aryl methyl sites for hydroxylation is 2. The minimum atomic E-state index is 0.583. The van der Waals surface area contributed by atoms with E-state index in [-0.39, 0.29) is 0 Å². The van der Waals surface area contributed by atoms with Crippen molar-refractivity contribution in [1.82, 2.24) is 9.97 Å². The number of halogens is 1. The second-order valence-electron chi connectivity index (χ2n) is 6.52. The van der Waals surface area contributed by atoms with E-state index in [1.807, 2.05) is 26.0 Å². The van der Waals surface area contributed by atoms with E-state index in [9.17, 15) is 0 Å². The van der Waals surface area contributed by atoms with Crippen LogP contribution in [0.5, 0.6) is 5.75 Å². The zero-order valence-electron chi connectivity index (χ0n) is 15.1. The van der Waals surface area contributed by atoms with E-state index in [0.29, 0.717) is 16.7 Å². The Balaban J connectivity index is 1.89. The summed E-state index contributed by atoms with van der Waals surface area (Å²) in [5.41, 5.74) is 2.74. The average molecular weight is 361 g/mol. The molecule has 0 atom stereocenters. The van der Waals surface area contributed by atoms with Gasteiger partial charge >= 0.3 is 0 Å². The topological polar surface area (TPSA) is 50.3 Å². The first-order chi connectivity index (χ1) is 12.1. The molecule has 134 valence electrons. The number of methoxy groups -OCH3 is 1. The Kier molecular flexibility index (Phi) is 5.63. The summed E-state index contributed by atoms with van der Waals surface area (Å²) in [7, 11) is 1.63. The summed E-state index contributed by atoms with van der Waals surface area (Å²) in [6.07, 6.45) is 5.03. The zero-order valence-corrected chi connectivity index (χ0v) is 15.9. The molecule has 1 aromatic carbocycles. The molecule has 0 saturated carbocycles. The third kappa shape index (κ3) is 4.34. The molecule has 0 radical (unpaired) electrons. The van der Waals surface area contributed by atoms with Gasteiger partial charge in [0.15, 0.2) is 0 Å². The summed E-state index contributed by atoms with van der Waals surface area (Å²) in [5.74, 6) is 2.25. The fraction of sp³-hybridized carbons (Fsp3) is 0.474. The molecule has 0 unspecified atom stereocenters. The number of anilines is 3. The van der Waals surface area contributed by atoms with Crippen molar-refractivity contribution in [1.29, 1.82) is 0 Å². The van der Waals surface area contributed by atoms with E-state index in [1.54, 1.807) is 7.11 Å². The van der Waals surface area contributed by atoms with Gasteiger partial charge in [0.25, 0.3) is 0 Å². The Bertz CT molecular complexity index is 742. The number of nitrogens with zero attached hydrogens (tertiary/aromatic N) is 3. The van der Waals surface area contributed by atoms with Crippen LogP contribution in [-0.2, 0) is 0 Å². The van der Waals surface area contributed by atoms with Gasteiger partial charge in [-0.05, 0) is 38.3 Å². The third-order valence-electron chi connectivity index (χ3n) is 4.50. The monoisotopic (exact) mass is 360 g/mol. The number of hydrogen-bond acceptors (Lipinski definition) is 5. The standard InChI is InChI=1S/C19H25ClN4O/c1-13-10-16(17(25-3)12-15(13)20)22-19-21-14(2)11-18(23-19)24-8-6-4-5-7-9-24/h10-12H,4-9H2,1-3H3,(H,21,22,23). The van der Waals surface area contributed by atoms with Crippen molar-refractivity contribution in [2.75, 3.05) is 30.4 Å². The van der Waals surface area contributed by atoms with Gasteiger partial charge in [0, 0.05) is 35.9 Å². The molecule has 2 heterocycles. The number of hydrogen-bond donors (Lipinski definition) is 1. The second-order valence-corrected chi connectivity index (χ2v) is 6.93. The van der Waals surface area contributed by atoms with Gasteiger partial charge in [0.2, 0.25) is 5.95 Å². The molecule has 1 aliphatic rings. The molecule has 3 rings (SSSR count). The highest BCUT2D eigenvalue weighted by Gasteiger charge is 2.14. The zero-order chi connectivity index (χ0) is 17.8. The molecule has 1 aromatic heterocycles. The number of rotatable bonds is 4. The largest absolute Gasteiger partial charge is 0.495 e. The molecule has 1 aliphatic heterocycles. The van der Waals surface area contributed by atoms with Gasteiger partial charge in [-0.1, -0.05) is 24.4 Å². The molecule has 0 aliphatic carbocycles. The van der Waals surface area contributed by atoms with Gasteiger partial charge in [0.1, 0.15) is 11.6 Å². The highest BCUT2D eigenvalue weighted by Crippen LogP contribution is 2.32. The van der Waals surface area contributed by atoms with E-state index in [1.165, 1.54) is 25.7 Å². The van der Waals surface area contributed by atoms with Crippen molar-refractivity contribution < 1.29 is 4.74 Å². The Morgan fingerprint density at radius 2 is 1.76 bits per heavy atom. The average Bonchev–Trinajstić information content (AvgIpc) is 2.87. The highest BCUT2D eigenvalue weighted by molar-refractivity contribution is 6.31. The SMILES string of the molecule is COc1cc(Cl)c(C)cc1Nc1nc(C)cc(N2CCCCCC2)n1. The van der Waals surface area contributed by atoms with E-state index in [4.69, 9.17) is 21.3 Å². The minimum absolute atomic E-state index is 0.583. The smallest absolute Gasteiger partial charge is 0.229 e. The van der Waals surface area contributed by atoms with Gasteiger partial charge in [-0.3, -0.25) is 0 Å². The van der Waals surface area contributed by atoms with Crippen molar-refractivity contribution in [3.8, 4) is 5.75 Å². The van der Waals surface area contributed by atoms with Gasteiger partial charge in [-0.15, -0.1) is 0 Å². The van der Waals surface area contributed by atoms with E-state index in [2.05, 4.69) is 21.3 Å². The molecular weight excluding hydrogens is 336 g/mol. The van der Waals surface area contributed by atoms with Crippen molar-refractivity contribution in [2.24, 2.45) is 0 Å². The molecule has 25 heavy (non-hydrogen) atoms. The van der Waals surface area contributed by atoms with Gasteiger partial charge in [-0.2, -0.15) is 4.98 Å². The summed E-state index contributed by atoms with van der Waals surface area (Å²) >= 11 is 6.19. The Hall–Kier alpha value is -2.01. The predicted octanol–water partition coefficient (Wildman–Crippen LogP) is 4.88. The van der Waals surface area contributed by atoms with Crippen LogP contribution >= 0.6 is 11.6 Å². The number of ether oxygens (including phenoxy) is 1. The summed E-state index contributed by atoms with van der Waals surface area (Å²) in [5, 5.41) is 3.97. The van der Waals surface area contributed by atoms with Gasteiger partial charge in [0.05, 0.1) is 12.8 Å². The van der Waals surface area contributed by atoms with Crippen molar-refractivity contribution in [2.45, 2.75) is 39.5 Å². The molecule has 1 N–H and O–H groups in total. The maximum absolute atomic E-state index is 6.19. The number of benzene rings is 1. The van der Waals surface area contributed by atoms with Crippen LogP contribution < -0.4 is 15.0 Å². The van der Waals surface area contributed by atoms with Gasteiger partial charge in [-0.25, -0.2) is 4.98 Å². The first-order valence-corrected chi connectivity index (χ1v) is 9.16. The van der Waals surface area contributed by atoms with Crippen LogP contribution in [0.3, 0.4) is 0 Å². The van der Waals surface area contributed by atoms with Crippen molar-refractivity contribution in [3.63, 3.8) is 0 Å². The molecule has 2 aromatic rings. The first kappa shape index (κ1) is 17.8. The summed E-state index contributed by atoms with van der Waals surface area (Å²) < 4.78 is 5.43. The molecule has 0 spiro atoms. The predicted molar refractivity (Wildman–Crippen MR) is 103 cm³/mol. The van der Waals surface area contributed by atoms with Gasteiger partial charge < -0.3 is 15.0 Å². The van der Waals surface area contributed by atoms with Crippen LogP contribution in [0.15, 0.2) is 18.2 Å². The molecule has 6 heteroatoms. The summed E-state index contributed by atoms with van der Waals surface area (Å²) in [4.78, 5) is 11.6. The van der Waals surface area contributed by atoms with Crippen LogP contribution in [0.1, 0.15) is 36.9 Å². The maximum Gasteiger partial charge on any atom is 0.229 e. The normalized spacial score (nSPS) is 15.0. The Morgan fingerprint density at radius 3 is 2.44 bits per heavy atom. The fourth-order valence-electron chi connectivity index (χ4n) is 3.12. The van der Waals surface area contributed by atoms with Crippen LogP contribution in [0.2, 0.25) is 5.02 Å². The maximum atomic E-state index is 6.19. The van der Waals surface area contributed by atoms with E-state index in [0.717, 1.165) is 35.9 Å². The molecule has 1 fully saturated rings. The molecule has 5 nitrogen and oxygen atoms in total. The fourth-order valence-corrected chi connectivity index (χ4v) is 3.27. The highest BCUT2D eigenvalue weighted by atomic mass is 35.5. The molecule has 0 bridgehead atoms. The van der Waals surface area contributed by atoms with E-state index < -0.39 is 0 Å². The van der Waals surface area contributed by atoms with Crippen LogP contribution in [0.25, 0.3) is 0 Å². The summed E-state index contributed by atoms with van der Waals surface area (Å²) in [6.45, 7) is 6.07. The lowest BCUT2D eigenvalue weighted by atomic mass is 10.2. The number of aromatic nitrogens is 2. The lowest BCUT2D eigenvalue weighted by Gasteiger charge is -2.22. The second kappa shape index (κ2) is 7.91. The first-order valence-electron chi connectivity index (χ1n) is 8.78. The van der Waals surface area contributed by atoms with E-state index >= 15 is 0 Å². The van der Waals surface area contributed by atoms with Crippen molar-refractivity contribution in [3.05, 3.63) is 34.5 Å². The van der Waals surface area contributed by atoms with Crippen molar-refractivity contribution >= 4 is 29.1 Å². The lowest BCUT2D eigenvalue weighted by Crippen LogP contribution is -2.25. The summed E-state index contributed by atoms with van der Waals surface area (Å²) in [6, 6.07) is 5.82. The number of nitrogens with one attached hydrogen (secondary N) is 1. The third-order valence-corrected chi connectivity index (χ3v) is 4.91. The van der Waals surface area contributed by atoms with Crippen LogP contribution in [-0.4, -0.2) is 30.2 Å². The Morgan fingerprint density at radius 1 is 1.04 bits per heavy atom. The lowest BCUT2D eigenvalue weighted by molar-refractivity contribution is 0.416. The Labute approximate surface area is 154 Å². The molecule has 0 amide bonds. The molecular formula is C19H25ClN4O. The quantitative estimate of drug-likeness (QED) is 0.842. The van der Waals surface area contributed by atoms with Crippen LogP contribution in [0.4, 0.5) is 17.5 Å². The minimum Gasteiger partial charge on any atom is -0.495 e. The van der Waals surface area contributed by atoms with Crippen LogP contribution in [0, 0.1) is 13.8 Å². The molecule has 1 saturated heterocycles.